The quantitative estimate of drug-likeness (QED) is 0.880. The summed E-state index contributed by atoms with van der Waals surface area (Å²) < 4.78 is 10.1. The van der Waals surface area contributed by atoms with E-state index in [2.05, 4.69) is 0 Å². The topological polar surface area (TPSA) is 62.2 Å². The molecule has 2 aliphatic heterocycles. The SMILES string of the molecule is O=C1OCCN1Cc1ccccc1CN1CCOC1O. The molecule has 0 bridgehead atoms. The first-order chi connectivity index (χ1) is 9.74. The predicted octanol–water partition coefficient (Wildman–Crippen LogP) is 0.747. The highest BCUT2D eigenvalue weighted by Crippen LogP contribution is 2.19. The molecule has 2 fully saturated rings. The number of carbonyl (C=O) groups excluding carboxylic acids is 1. The first-order valence-electron chi connectivity index (χ1n) is 6.76. The van der Waals surface area contributed by atoms with Gasteiger partial charge in [0.05, 0.1) is 13.2 Å². The van der Waals surface area contributed by atoms with Crippen LogP contribution in [0.15, 0.2) is 24.3 Å². The van der Waals surface area contributed by atoms with E-state index in [1.165, 1.54) is 0 Å². The van der Waals surface area contributed by atoms with Crippen LogP contribution in [0, 0.1) is 0 Å². The van der Waals surface area contributed by atoms with E-state index < -0.39 is 6.41 Å². The number of cyclic esters (lactones) is 1. The highest BCUT2D eigenvalue weighted by molar-refractivity contribution is 5.69. The number of aliphatic hydroxyl groups excluding tert-OH is 1. The van der Waals surface area contributed by atoms with Crippen LogP contribution in [0.4, 0.5) is 4.79 Å². The maximum Gasteiger partial charge on any atom is 0.410 e. The number of ether oxygens (including phenoxy) is 2. The highest BCUT2D eigenvalue weighted by Gasteiger charge is 2.25. The van der Waals surface area contributed by atoms with Crippen molar-refractivity contribution < 1.29 is 19.4 Å². The van der Waals surface area contributed by atoms with Gasteiger partial charge in [0.1, 0.15) is 6.61 Å². The van der Waals surface area contributed by atoms with Gasteiger partial charge in [-0.2, -0.15) is 0 Å². The molecule has 1 N–H and O–H groups in total. The van der Waals surface area contributed by atoms with Gasteiger partial charge in [0, 0.05) is 19.6 Å². The van der Waals surface area contributed by atoms with Crippen molar-refractivity contribution in [2.45, 2.75) is 19.5 Å². The van der Waals surface area contributed by atoms with Crippen molar-refractivity contribution in [2.75, 3.05) is 26.3 Å². The average Bonchev–Trinajstić information content (AvgIpc) is 3.02. The largest absolute Gasteiger partial charge is 0.448 e. The molecule has 0 aromatic heterocycles. The third-order valence-corrected chi connectivity index (χ3v) is 3.66. The summed E-state index contributed by atoms with van der Waals surface area (Å²) in [5.74, 6) is 0. The molecule has 2 heterocycles. The van der Waals surface area contributed by atoms with Gasteiger partial charge < -0.3 is 19.5 Å². The van der Waals surface area contributed by atoms with Crippen LogP contribution in [-0.2, 0) is 22.6 Å². The first-order valence-corrected chi connectivity index (χ1v) is 6.76. The molecule has 6 heteroatoms. The van der Waals surface area contributed by atoms with E-state index in [-0.39, 0.29) is 6.09 Å². The molecule has 0 aliphatic carbocycles. The van der Waals surface area contributed by atoms with Crippen LogP contribution >= 0.6 is 0 Å². The van der Waals surface area contributed by atoms with Crippen molar-refractivity contribution in [3.63, 3.8) is 0 Å². The maximum atomic E-state index is 11.5. The van der Waals surface area contributed by atoms with Crippen molar-refractivity contribution in [1.29, 1.82) is 0 Å². The summed E-state index contributed by atoms with van der Waals surface area (Å²) in [5, 5.41) is 9.69. The summed E-state index contributed by atoms with van der Waals surface area (Å²) in [6.45, 7) is 3.49. The first kappa shape index (κ1) is 13.4. The second-order valence-corrected chi connectivity index (χ2v) is 4.97. The van der Waals surface area contributed by atoms with Gasteiger partial charge in [-0.05, 0) is 11.1 Å². The minimum absolute atomic E-state index is 0.260. The van der Waals surface area contributed by atoms with E-state index in [1.807, 2.05) is 29.2 Å². The monoisotopic (exact) mass is 278 g/mol. The molecule has 1 atom stereocenters. The minimum Gasteiger partial charge on any atom is -0.448 e. The highest BCUT2D eigenvalue weighted by atomic mass is 16.6. The lowest BCUT2D eigenvalue weighted by atomic mass is 10.1. The number of carbonyl (C=O) groups is 1. The number of rotatable bonds is 4. The van der Waals surface area contributed by atoms with E-state index in [1.54, 1.807) is 4.90 Å². The summed E-state index contributed by atoms with van der Waals surface area (Å²) >= 11 is 0. The Hall–Kier alpha value is -1.63. The number of benzene rings is 1. The van der Waals surface area contributed by atoms with E-state index in [4.69, 9.17) is 9.47 Å². The summed E-state index contributed by atoms with van der Waals surface area (Å²) in [4.78, 5) is 15.1. The molecule has 20 heavy (non-hydrogen) atoms. The number of amides is 1. The molecule has 3 rings (SSSR count). The Bertz CT molecular complexity index is 494. The zero-order valence-electron chi connectivity index (χ0n) is 11.2. The van der Waals surface area contributed by atoms with Gasteiger partial charge in [0.15, 0.2) is 0 Å². The normalized spacial score (nSPS) is 23.4. The molecule has 0 spiro atoms. The van der Waals surface area contributed by atoms with Gasteiger partial charge in [0.2, 0.25) is 6.41 Å². The fraction of sp³-hybridized carbons (Fsp3) is 0.500. The van der Waals surface area contributed by atoms with Gasteiger partial charge in [-0.3, -0.25) is 0 Å². The zero-order chi connectivity index (χ0) is 13.9. The average molecular weight is 278 g/mol. The van der Waals surface area contributed by atoms with Gasteiger partial charge in [-0.15, -0.1) is 0 Å². The Morgan fingerprint density at radius 1 is 1.15 bits per heavy atom. The van der Waals surface area contributed by atoms with Crippen molar-refractivity contribution in [3.05, 3.63) is 35.4 Å². The lowest BCUT2D eigenvalue weighted by Gasteiger charge is -2.21. The van der Waals surface area contributed by atoms with Gasteiger partial charge in [0.25, 0.3) is 0 Å². The van der Waals surface area contributed by atoms with Crippen LogP contribution in [0.3, 0.4) is 0 Å². The van der Waals surface area contributed by atoms with E-state index in [0.29, 0.717) is 39.4 Å². The van der Waals surface area contributed by atoms with E-state index >= 15 is 0 Å². The van der Waals surface area contributed by atoms with Gasteiger partial charge in [-0.1, -0.05) is 24.3 Å². The molecule has 1 unspecified atom stereocenters. The van der Waals surface area contributed by atoms with Crippen LogP contribution in [-0.4, -0.2) is 53.7 Å². The Labute approximate surface area is 117 Å². The Morgan fingerprint density at radius 2 is 1.90 bits per heavy atom. The van der Waals surface area contributed by atoms with Crippen LogP contribution < -0.4 is 0 Å². The van der Waals surface area contributed by atoms with E-state index in [9.17, 15) is 9.90 Å². The fourth-order valence-electron chi connectivity index (χ4n) is 2.51. The Kier molecular flexibility index (Phi) is 3.86. The fourth-order valence-corrected chi connectivity index (χ4v) is 2.51. The number of hydrogen-bond acceptors (Lipinski definition) is 5. The van der Waals surface area contributed by atoms with Gasteiger partial charge in [-0.25, -0.2) is 9.69 Å². The Morgan fingerprint density at radius 3 is 2.50 bits per heavy atom. The summed E-state index contributed by atoms with van der Waals surface area (Å²) in [7, 11) is 0. The molecule has 1 aromatic carbocycles. The van der Waals surface area contributed by atoms with Crippen molar-refractivity contribution >= 4 is 6.09 Å². The molecule has 6 nitrogen and oxygen atoms in total. The molecule has 2 saturated heterocycles. The third-order valence-electron chi connectivity index (χ3n) is 3.66. The van der Waals surface area contributed by atoms with Crippen LogP contribution in [0.1, 0.15) is 11.1 Å². The maximum absolute atomic E-state index is 11.5. The van der Waals surface area contributed by atoms with Crippen molar-refractivity contribution in [2.24, 2.45) is 0 Å². The molecule has 0 saturated carbocycles. The zero-order valence-corrected chi connectivity index (χ0v) is 11.2. The van der Waals surface area contributed by atoms with E-state index in [0.717, 1.165) is 11.1 Å². The lowest BCUT2D eigenvalue weighted by molar-refractivity contribution is -0.136. The van der Waals surface area contributed by atoms with Crippen molar-refractivity contribution in [1.82, 2.24) is 9.80 Å². The number of nitrogens with zero attached hydrogens (tertiary/aromatic N) is 2. The smallest absolute Gasteiger partial charge is 0.410 e. The number of aliphatic hydroxyl groups is 1. The molecule has 108 valence electrons. The van der Waals surface area contributed by atoms with Crippen LogP contribution in [0.2, 0.25) is 0 Å². The minimum atomic E-state index is -0.834. The molecule has 2 aliphatic rings. The van der Waals surface area contributed by atoms with Crippen molar-refractivity contribution in [3.8, 4) is 0 Å². The van der Waals surface area contributed by atoms with Crippen LogP contribution in [0.25, 0.3) is 0 Å². The van der Waals surface area contributed by atoms with Crippen LogP contribution in [0.5, 0.6) is 0 Å². The standard InChI is InChI=1S/C14H18N2O4/c17-13-15(5-7-19-13)9-11-3-1-2-4-12(11)10-16-6-8-20-14(16)18/h1-4,13,17H,5-10H2. The molecular formula is C14H18N2O4. The molecule has 1 amide bonds. The number of hydrogen-bond donors (Lipinski definition) is 1. The third kappa shape index (κ3) is 2.77. The Balaban J connectivity index is 1.72. The van der Waals surface area contributed by atoms with Gasteiger partial charge >= 0.3 is 6.09 Å². The molecule has 0 radical (unpaired) electrons. The summed E-state index contributed by atoms with van der Waals surface area (Å²) in [5.41, 5.74) is 2.17. The summed E-state index contributed by atoms with van der Waals surface area (Å²) in [6, 6.07) is 7.94. The molecular weight excluding hydrogens is 260 g/mol. The molecule has 1 aromatic rings. The second kappa shape index (κ2) is 5.78. The summed E-state index contributed by atoms with van der Waals surface area (Å²) in [6.07, 6.45) is -1.09. The predicted molar refractivity (Wildman–Crippen MR) is 70.6 cm³/mol. The second-order valence-electron chi connectivity index (χ2n) is 4.97. The lowest BCUT2D eigenvalue weighted by Crippen LogP contribution is -2.30.